The van der Waals surface area contributed by atoms with Crippen molar-refractivity contribution in [3.8, 4) is 11.5 Å². The van der Waals surface area contributed by atoms with Crippen LogP contribution >= 0.6 is 11.6 Å². The lowest BCUT2D eigenvalue weighted by atomic mass is 10.2. The van der Waals surface area contributed by atoms with Crippen LogP contribution in [0.15, 0.2) is 54.9 Å². The third-order valence-electron chi connectivity index (χ3n) is 4.19. The number of benzene rings is 2. The average molecular weight is 398 g/mol. The number of halogens is 1. The third kappa shape index (κ3) is 4.35. The normalized spacial score (nSPS) is 10.3. The molecule has 0 radical (unpaired) electrons. The monoisotopic (exact) mass is 397 g/mol. The smallest absolute Gasteiger partial charge is 0.257 e. The van der Waals surface area contributed by atoms with E-state index < -0.39 is 0 Å². The number of rotatable bonds is 6. The Morgan fingerprint density at radius 3 is 2.54 bits per heavy atom. The number of methoxy groups -OCH3 is 2. The van der Waals surface area contributed by atoms with Crippen molar-refractivity contribution >= 4 is 34.6 Å². The third-order valence-corrected chi connectivity index (χ3v) is 4.60. The van der Waals surface area contributed by atoms with Crippen molar-refractivity contribution in [2.45, 2.75) is 6.92 Å². The Morgan fingerprint density at radius 2 is 1.79 bits per heavy atom. The summed E-state index contributed by atoms with van der Waals surface area (Å²) in [5.41, 5.74) is 3.34. The van der Waals surface area contributed by atoms with Crippen LogP contribution in [0.25, 0.3) is 0 Å². The van der Waals surface area contributed by atoms with Gasteiger partial charge in [0.05, 0.1) is 31.7 Å². The zero-order valence-corrected chi connectivity index (χ0v) is 16.5. The minimum absolute atomic E-state index is 0.270. The number of carbonyl (C=O) groups excluding carboxylic acids is 1. The number of aromatic nitrogens is 1. The molecular weight excluding hydrogens is 378 g/mol. The Hall–Kier alpha value is -3.25. The van der Waals surface area contributed by atoms with E-state index >= 15 is 0 Å². The van der Waals surface area contributed by atoms with E-state index in [-0.39, 0.29) is 5.91 Å². The summed E-state index contributed by atoms with van der Waals surface area (Å²) < 4.78 is 10.5. The number of carbonyl (C=O) groups is 1. The van der Waals surface area contributed by atoms with Gasteiger partial charge in [-0.1, -0.05) is 17.7 Å². The van der Waals surface area contributed by atoms with Crippen LogP contribution in [-0.4, -0.2) is 25.1 Å². The minimum Gasteiger partial charge on any atom is -0.493 e. The molecule has 0 aliphatic heterocycles. The van der Waals surface area contributed by atoms with Gasteiger partial charge in [-0.15, -0.1) is 0 Å². The molecule has 0 saturated carbocycles. The van der Waals surface area contributed by atoms with Gasteiger partial charge in [0.25, 0.3) is 5.91 Å². The molecule has 3 rings (SSSR count). The molecule has 0 bridgehead atoms. The van der Waals surface area contributed by atoms with E-state index in [9.17, 15) is 4.79 Å². The van der Waals surface area contributed by atoms with Crippen LogP contribution in [0.4, 0.5) is 17.1 Å². The molecule has 2 aromatic carbocycles. The van der Waals surface area contributed by atoms with Crippen molar-refractivity contribution in [1.82, 2.24) is 4.98 Å². The second-order valence-electron chi connectivity index (χ2n) is 6.02. The number of pyridine rings is 1. The lowest BCUT2D eigenvalue weighted by Gasteiger charge is -2.12. The van der Waals surface area contributed by atoms with Crippen LogP contribution in [0.1, 0.15) is 15.9 Å². The van der Waals surface area contributed by atoms with E-state index in [4.69, 9.17) is 21.1 Å². The highest BCUT2D eigenvalue weighted by Gasteiger charge is 2.11. The number of nitrogens with one attached hydrogen (secondary N) is 2. The number of hydrogen-bond acceptors (Lipinski definition) is 5. The molecule has 144 valence electrons. The standard InChI is InChI=1S/C21H20ClN3O3/c1-13-17(22)5-4-6-18(13)25-21(26)14-9-16(12-23-11-14)24-15-7-8-19(27-2)20(10-15)28-3/h4-12,24H,1-3H3,(H,25,26). The first-order chi connectivity index (χ1) is 13.5. The van der Waals surface area contributed by atoms with E-state index in [0.29, 0.717) is 33.5 Å². The Bertz CT molecular complexity index is 1010. The van der Waals surface area contributed by atoms with Gasteiger partial charge in [0, 0.05) is 28.7 Å². The van der Waals surface area contributed by atoms with Crippen LogP contribution in [0.2, 0.25) is 5.02 Å². The van der Waals surface area contributed by atoms with Crippen molar-refractivity contribution < 1.29 is 14.3 Å². The highest BCUT2D eigenvalue weighted by atomic mass is 35.5. The predicted octanol–water partition coefficient (Wildman–Crippen LogP) is 5.06. The SMILES string of the molecule is COc1ccc(Nc2cncc(C(=O)Nc3cccc(Cl)c3C)c2)cc1OC. The fraction of sp³-hybridized carbons (Fsp3) is 0.143. The zero-order chi connectivity index (χ0) is 20.1. The molecule has 0 spiro atoms. The topological polar surface area (TPSA) is 72.5 Å². The molecule has 0 atom stereocenters. The molecule has 3 aromatic rings. The first-order valence-corrected chi connectivity index (χ1v) is 8.90. The van der Waals surface area contributed by atoms with Crippen molar-refractivity contribution in [2.24, 2.45) is 0 Å². The molecule has 1 aromatic heterocycles. The lowest BCUT2D eigenvalue weighted by Crippen LogP contribution is -2.13. The summed E-state index contributed by atoms with van der Waals surface area (Å²) in [4.78, 5) is 16.8. The summed E-state index contributed by atoms with van der Waals surface area (Å²) in [6.07, 6.45) is 3.15. The quantitative estimate of drug-likeness (QED) is 0.608. The average Bonchev–Trinajstić information content (AvgIpc) is 2.71. The number of amides is 1. The van der Waals surface area contributed by atoms with Gasteiger partial charge in [0.2, 0.25) is 0 Å². The van der Waals surface area contributed by atoms with Crippen LogP contribution < -0.4 is 20.1 Å². The highest BCUT2D eigenvalue weighted by Crippen LogP contribution is 2.31. The summed E-state index contributed by atoms with van der Waals surface area (Å²) in [6.45, 7) is 1.85. The molecule has 0 fully saturated rings. The maximum absolute atomic E-state index is 12.6. The number of nitrogens with zero attached hydrogens (tertiary/aromatic N) is 1. The minimum atomic E-state index is -0.270. The van der Waals surface area contributed by atoms with E-state index in [0.717, 1.165) is 11.3 Å². The van der Waals surface area contributed by atoms with Gasteiger partial charge in [-0.2, -0.15) is 0 Å². The molecule has 0 unspecified atom stereocenters. The maximum atomic E-state index is 12.6. The molecule has 7 heteroatoms. The van der Waals surface area contributed by atoms with Gasteiger partial charge < -0.3 is 20.1 Å². The number of hydrogen-bond donors (Lipinski definition) is 2. The van der Waals surface area contributed by atoms with Gasteiger partial charge in [-0.3, -0.25) is 9.78 Å². The fourth-order valence-corrected chi connectivity index (χ4v) is 2.83. The summed E-state index contributed by atoms with van der Waals surface area (Å²) >= 11 is 6.11. The fourth-order valence-electron chi connectivity index (χ4n) is 2.65. The molecular formula is C21H20ClN3O3. The van der Waals surface area contributed by atoms with Crippen LogP contribution in [-0.2, 0) is 0 Å². The van der Waals surface area contributed by atoms with E-state index in [1.165, 1.54) is 6.20 Å². The highest BCUT2D eigenvalue weighted by molar-refractivity contribution is 6.31. The second-order valence-corrected chi connectivity index (χ2v) is 6.43. The first kappa shape index (κ1) is 19.5. The molecule has 1 amide bonds. The summed E-state index contributed by atoms with van der Waals surface area (Å²) in [7, 11) is 3.16. The van der Waals surface area contributed by atoms with Gasteiger partial charge >= 0.3 is 0 Å². The first-order valence-electron chi connectivity index (χ1n) is 8.52. The van der Waals surface area contributed by atoms with E-state index in [2.05, 4.69) is 15.6 Å². The number of ether oxygens (including phenoxy) is 2. The maximum Gasteiger partial charge on any atom is 0.257 e. The Kier molecular flexibility index (Phi) is 6.01. The van der Waals surface area contributed by atoms with Crippen LogP contribution in [0.5, 0.6) is 11.5 Å². The van der Waals surface area contributed by atoms with Gasteiger partial charge in [0.15, 0.2) is 11.5 Å². The molecule has 2 N–H and O–H groups in total. The molecule has 0 saturated heterocycles. The van der Waals surface area contributed by atoms with Crippen molar-refractivity contribution in [3.63, 3.8) is 0 Å². The van der Waals surface area contributed by atoms with Crippen molar-refractivity contribution in [3.05, 3.63) is 71.0 Å². The van der Waals surface area contributed by atoms with Gasteiger partial charge in [0.1, 0.15) is 0 Å². The van der Waals surface area contributed by atoms with Crippen molar-refractivity contribution in [1.29, 1.82) is 0 Å². The molecule has 6 nitrogen and oxygen atoms in total. The Balaban J connectivity index is 1.78. The molecule has 1 heterocycles. The molecule has 28 heavy (non-hydrogen) atoms. The molecule has 0 aliphatic rings. The van der Waals surface area contributed by atoms with Crippen LogP contribution in [0.3, 0.4) is 0 Å². The summed E-state index contributed by atoms with van der Waals surface area (Å²) in [6, 6.07) is 12.6. The summed E-state index contributed by atoms with van der Waals surface area (Å²) in [5.74, 6) is 0.968. The van der Waals surface area contributed by atoms with Crippen LogP contribution in [0, 0.1) is 6.92 Å². The Morgan fingerprint density at radius 1 is 1.00 bits per heavy atom. The predicted molar refractivity (Wildman–Crippen MR) is 111 cm³/mol. The largest absolute Gasteiger partial charge is 0.493 e. The molecule has 0 aliphatic carbocycles. The van der Waals surface area contributed by atoms with Gasteiger partial charge in [-0.25, -0.2) is 0 Å². The van der Waals surface area contributed by atoms with E-state index in [1.54, 1.807) is 56.8 Å². The zero-order valence-electron chi connectivity index (χ0n) is 15.7. The van der Waals surface area contributed by atoms with Gasteiger partial charge in [-0.05, 0) is 42.8 Å². The van der Waals surface area contributed by atoms with E-state index in [1.807, 2.05) is 13.0 Å². The lowest BCUT2D eigenvalue weighted by molar-refractivity contribution is 0.102. The van der Waals surface area contributed by atoms with Crippen molar-refractivity contribution in [2.75, 3.05) is 24.9 Å². The second kappa shape index (κ2) is 8.63. The summed E-state index contributed by atoms with van der Waals surface area (Å²) in [5, 5.41) is 6.67. The Labute approximate surface area is 168 Å². The number of anilines is 3.